The minimum Gasteiger partial charge on any atom is -0.496 e. The minimum absolute atomic E-state index is 0.146. The lowest BCUT2D eigenvalue weighted by Crippen LogP contribution is -2.23. The van der Waals surface area contributed by atoms with Crippen LogP contribution in [0, 0.1) is 0 Å². The van der Waals surface area contributed by atoms with E-state index in [-0.39, 0.29) is 17.8 Å². The molecule has 1 aromatic carbocycles. The first-order chi connectivity index (χ1) is 12.8. The van der Waals surface area contributed by atoms with E-state index in [0.717, 1.165) is 11.3 Å². The second-order valence-corrected chi connectivity index (χ2v) is 6.41. The minimum atomic E-state index is -0.666. The fraction of sp³-hybridized carbons (Fsp3) is 0.222. The Bertz CT molecular complexity index is 890. The van der Waals surface area contributed by atoms with Gasteiger partial charge in [-0.05, 0) is 36.6 Å². The molecule has 0 saturated carbocycles. The maximum absolute atomic E-state index is 12.0. The number of esters is 1. The molecule has 27 heavy (non-hydrogen) atoms. The van der Waals surface area contributed by atoms with Crippen molar-refractivity contribution in [2.45, 2.75) is 13.3 Å². The van der Waals surface area contributed by atoms with Gasteiger partial charge >= 0.3 is 5.97 Å². The highest BCUT2D eigenvalue weighted by Gasteiger charge is 2.16. The third-order valence-corrected chi connectivity index (χ3v) is 4.40. The number of benzene rings is 1. The van der Waals surface area contributed by atoms with E-state index in [1.807, 2.05) is 0 Å². The summed E-state index contributed by atoms with van der Waals surface area (Å²) in [5, 5.41) is 4.37. The number of thiophene rings is 1. The van der Waals surface area contributed by atoms with Crippen molar-refractivity contribution < 1.29 is 28.7 Å². The van der Waals surface area contributed by atoms with Crippen molar-refractivity contribution in [2.75, 3.05) is 19.0 Å². The number of nitrogens with two attached hydrogens (primary N) is 1. The number of anilines is 1. The lowest BCUT2D eigenvalue weighted by molar-refractivity contribution is -0.146. The van der Waals surface area contributed by atoms with Crippen LogP contribution < -0.4 is 15.8 Å². The van der Waals surface area contributed by atoms with Gasteiger partial charge in [0.25, 0.3) is 11.8 Å². The molecule has 0 spiro atoms. The molecule has 0 fully saturated rings. The van der Waals surface area contributed by atoms with Gasteiger partial charge in [0, 0.05) is 11.1 Å². The van der Waals surface area contributed by atoms with E-state index in [1.54, 1.807) is 23.6 Å². The summed E-state index contributed by atoms with van der Waals surface area (Å²) in [6.07, 6.45) is -0.164. The molecule has 0 aliphatic rings. The van der Waals surface area contributed by atoms with Crippen LogP contribution in [0.1, 0.15) is 33.2 Å². The van der Waals surface area contributed by atoms with Gasteiger partial charge in [-0.3, -0.25) is 19.2 Å². The van der Waals surface area contributed by atoms with Gasteiger partial charge in [-0.1, -0.05) is 0 Å². The van der Waals surface area contributed by atoms with Gasteiger partial charge in [0.05, 0.1) is 19.1 Å². The van der Waals surface area contributed by atoms with Gasteiger partial charge in [-0.15, -0.1) is 11.3 Å². The molecule has 3 N–H and O–H groups in total. The number of ketones is 1. The van der Waals surface area contributed by atoms with Crippen molar-refractivity contribution in [1.82, 2.24) is 0 Å². The molecule has 0 radical (unpaired) electrons. The summed E-state index contributed by atoms with van der Waals surface area (Å²) >= 11 is 1.13. The first-order valence-corrected chi connectivity index (χ1v) is 8.70. The first kappa shape index (κ1) is 20.1. The molecule has 0 unspecified atom stereocenters. The highest BCUT2D eigenvalue weighted by atomic mass is 32.1. The second-order valence-electron chi connectivity index (χ2n) is 5.50. The summed E-state index contributed by atoms with van der Waals surface area (Å²) in [6, 6.07) is 6.23. The van der Waals surface area contributed by atoms with Gasteiger partial charge < -0.3 is 20.5 Å². The Morgan fingerprint density at radius 1 is 1.19 bits per heavy atom. The number of carbonyl (C=O) groups is 4. The Balaban J connectivity index is 1.95. The summed E-state index contributed by atoms with van der Waals surface area (Å²) < 4.78 is 10.1. The molecule has 8 nitrogen and oxygen atoms in total. The zero-order valence-corrected chi connectivity index (χ0v) is 15.6. The van der Waals surface area contributed by atoms with Gasteiger partial charge in [0.1, 0.15) is 10.8 Å². The highest BCUT2D eigenvalue weighted by Crippen LogP contribution is 2.23. The van der Waals surface area contributed by atoms with Crippen molar-refractivity contribution in [3.8, 4) is 5.75 Å². The summed E-state index contributed by atoms with van der Waals surface area (Å²) in [6.45, 7) is 0.892. The Kier molecular flexibility index (Phi) is 6.67. The van der Waals surface area contributed by atoms with Crippen LogP contribution >= 0.6 is 11.3 Å². The highest BCUT2D eigenvalue weighted by molar-refractivity contribution is 7.14. The third-order valence-electron chi connectivity index (χ3n) is 3.57. The van der Waals surface area contributed by atoms with E-state index in [1.165, 1.54) is 20.1 Å². The number of Topliss-reactive ketones (excluding diaryl/α,β-unsaturated/α-hetero) is 1. The monoisotopic (exact) mass is 390 g/mol. The van der Waals surface area contributed by atoms with Crippen LogP contribution in [0.3, 0.4) is 0 Å². The van der Waals surface area contributed by atoms with E-state index in [0.29, 0.717) is 21.9 Å². The Morgan fingerprint density at radius 3 is 2.56 bits per heavy atom. The van der Waals surface area contributed by atoms with Crippen LogP contribution in [0.25, 0.3) is 0 Å². The molecule has 0 aliphatic carbocycles. The van der Waals surface area contributed by atoms with Crippen LogP contribution in [0.4, 0.5) is 5.00 Å². The van der Waals surface area contributed by atoms with Gasteiger partial charge in [-0.25, -0.2) is 0 Å². The summed E-state index contributed by atoms with van der Waals surface area (Å²) in [5.74, 6) is -1.64. The van der Waals surface area contributed by atoms with Crippen LogP contribution in [-0.2, 0) is 20.7 Å². The van der Waals surface area contributed by atoms with Crippen molar-refractivity contribution in [3.63, 3.8) is 0 Å². The average Bonchev–Trinajstić information content (AvgIpc) is 3.08. The summed E-state index contributed by atoms with van der Waals surface area (Å²) in [5.41, 5.74) is 6.30. The van der Waals surface area contributed by atoms with E-state index in [4.69, 9.17) is 15.2 Å². The molecular formula is C18H18N2O6S. The number of primary amides is 1. The Hall–Kier alpha value is -3.20. The largest absolute Gasteiger partial charge is 0.496 e. The standard InChI is InChI=1S/C18H18N2O6S/c1-10(21)11-3-4-14(25-2)12(7-11)8-16(23)26-9-15(22)20-18-13(17(19)24)5-6-27-18/h3-7H,8-9H2,1-2H3,(H2,19,24)(H,20,22). The maximum atomic E-state index is 12.0. The summed E-state index contributed by atoms with van der Waals surface area (Å²) in [7, 11) is 1.45. The van der Waals surface area contributed by atoms with Crippen LogP contribution in [-0.4, -0.2) is 37.3 Å². The Morgan fingerprint density at radius 2 is 1.93 bits per heavy atom. The molecule has 9 heteroatoms. The topological polar surface area (TPSA) is 125 Å². The zero-order valence-electron chi connectivity index (χ0n) is 14.7. The number of ether oxygens (including phenoxy) is 2. The molecule has 0 saturated heterocycles. The molecule has 1 aromatic heterocycles. The summed E-state index contributed by atoms with van der Waals surface area (Å²) in [4.78, 5) is 46.6. The number of hydrogen-bond donors (Lipinski definition) is 2. The fourth-order valence-electron chi connectivity index (χ4n) is 2.25. The Labute approximate surface area is 159 Å². The molecule has 2 amide bonds. The van der Waals surface area contributed by atoms with E-state index < -0.39 is 24.4 Å². The maximum Gasteiger partial charge on any atom is 0.310 e. The number of amides is 2. The number of nitrogens with one attached hydrogen (secondary N) is 1. The SMILES string of the molecule is COc1ccc(C(C)=O)cc1CC(=O)OCC(=O)Nc1sccc1C(N)=O. The predicted octanol–water partition coefficient (Wildman–Crippen LogP) is 1.78. The number of rotatable bonds is 8. The number of hydrogen-bond acceptors (Lipinski definition) is 7. The quantitative estimate of drug-likeness (QED) is 0.523. The number of methoxy groups -OCH3 is 1. The molecular weight excluding hydrogens is 372 g/mol. The lowest BCUT2D eigenvalue weighted by atomic mass is 10.0. The molecule has 142 valence electrons. The van der Waals surface area contributed by atoms with Crippen molar-refractivity contribution >= 4 is 39.9 Å². The van der Waals surface area contributed by atoms with Gasteiger partial charge in [0.2, 0.25) is 0 Å². The molecule has 1 heterocycles. The van der Waals surface area contributed by atoms with Crippen molar-refractivity contribution in [3.05, 3.63) is 46.3 Å². The zero-order chi connectivity index (χ0) is 20.0. The lowest BCUT2D eigenvalue weighted by Gasteiger charge is -2.10. The number of carbonyl (C=O) groups excluding carboxylic acids is 4. The smallest absolute Gasteiger partial charge is 0.310 e. The molecule has 0 bridgehead atoms. The van der Waals surface area contributed by atoms with Gasteiger partial charge in [-0.2, -0.15) is 0 Å². The molecule has 0 aliphatic heterocycles. The normalized spacial score (nSPS) is 10.1. The van der Waals surface area contributed by atoms with E-state index in [2.05, 4.69) is 5.32 Å². The average molecular weight is 390 g/mol. The van der Waals surface area contributed by atoms with E-state index in [9.17, 15) is 19.2 Å². The van der Waals surface area contributed by atoms with Crippen LogP contribution in [0.5, 0.6) is 5.75 Å². The van der Waals surface area contributed by atoms with E-state index >= 15 is 0 Å². The van der Waals surface area contributed by atoms with Gasteiger partial charge in [0.15, 0.2) is 12.4 Å². The molecule has 2 rings (SSSR count). The molecule has 0 atom stereocenters. The van der Waals surface area contributed by atoms with Crippen LogP contribution in [0.15, 0.2) is 29.6 Å². The van der Waals surface area contributed by atoms with Crippen molar-refractivity contribution in [2.24, 2.45) is 5.73 Å². The fourth-order valence-corrected chi connectivity index (χ4v) is 3.06. The second kappa shape index (κ2) is 8.95. The predicted molar refractivity (Wildman–Crippen MR) is 99.1 cm³/mol. The first-order valence-electron chi connectivity index (χ1n) is 7.82. The van der Waals surface area contributed by atoms with Crippen LogP contribution in [0.2, 0.25) is 0 Å². The molecule has 2 aromatic rings. The van der Waals surface area contributed by atoms with Crippen molar-refractivity contribution in [1.29, 1.82) is 0 Å². The third kappa shape index (κ3) is 5.38.